The van der Waals surface area contributed by atoms with Crippen LogP contribution in [0.1, 0.15) is 19.0 Å². The molecule has 0 spiro atoms. The standard InChI is InChI=1S/C31H36F2N6O2/c1-19-7-6-12-34-30(36-21-8-10-25(23(32)18-21)39-15-13-38(5)14-16-39)27(31(40)37(3)4)29(19)41-26-11-9-24-22(28(26)33)17-20(2)35-24/h6,8-12,17-19,35H,7,13-16H2,1-5H3,(H,34,36)/b12-6+,29-27-. The normalized spacial score (nSPS) is 22.1. The molecule has 1 atom stereocenters. The van der Waals surface area contributed by atoms with Crippen LogP contribution in [-0.2, 0) is 4.79 Å². The number of amides is 1. The number of hydrogen-bond acceptors (Lipinski definition) is 6. The van der Waals surface area contributed by atoms with Crippen molar-refractivity contribution in [1.29, 1.82) is 0 Å². The minimum atomic E-state index is -0.520. The number of halogens is 2. The number of aryl methyl sites for hydroxylation is 1. The maximum atomic E-state index is 15.6. The number of fused-ring (bicyclic) bond motifs is 1. The van der Waals surface area contributed by atoms with Gasteiger partial charge in [0.15, 0.2) is 11.6 Å². The molecule has 41 heavy (non-hydrogen) atoms. The Balaban J connectivity index is 1.53. The summed E-state index contributed by atoms with van der Waals surface area (Å²) in [5.74, 6) is -1.07. The van der Waals surface area contributed by atoms with E-state index in [2.05, 4.69) is 27.2 Å². The summed E-state index contributed by atoms with van der Waals surface area (Å²) in [5.41, 5.74) is 2.60. The smallest absolute Gasteiger partial charge is 0.260 e. The van der Waals surface area contributed by atoms with Crippen LogP contribution in [-0.4, -0.2) is 73.8 Å². The Morgan fingerprint density at radius 3 is 2.59 bits per heavy atom. The predicted octanol–water partition coefficient (Wildman–Crippen LogP) is 5.29. The molecule has 0 saturated carbocycles. The number of piperazine rings is 1. The fourth-order valence-electron chi connectivity index (χ4n) is 5.11. The zero-order valence-electron chi connectivity index (χ0n) is 24.1. The van der Waals surface area contributed by atoms with Crippen LogP contribution < -0.4 is 15.0 Å². The van der Waals surface area contributed by atoms with E-state index in [0.717, 1.165) is 31.9 Å². The summed E-state index contributed by atoms with van der Waals surface area (Å²) >= 11 is 0. The number of allylic oxidation sites excluding steroid dienone is 2. The lowest BCUT2D eigenvalue weighted by Gasteiger charge is -2.34. The molecular formula is C31H36F2N6O2. The Morgan fingerprint density at radius 2 is 1.88 bits per heavy atom. The molecule has 1 amide bonds. The second-order valence-corrected chi connectivity index (χ2v) is 10.9. The number of carbonyl (C=O) groups is 1. The predicted molar refractivity (Wildman–Crippen MR) is 159 cm³/mol. The maximum absolute atomic E-state index is 15.6. The fourth-order valence-corrected chi connectivity index (χ4v) is 5.11. The Morgan fingerprint density at radius 1 is 1.12 bits per heavy atom. The van der Waals surface area contributed by atoms with Crippen molar-refractivity contribution < 1.29 is 18.3 Å². The monoisotopic (exact) mass is 562 g/mol. The first kappa shape index (κ1) is 28.4. The zero-order chi connectivity index (χ0) is 29.3. The van der Waals surface area contributed by atoms with Gasteiger partial charge in [0.2, 0.25) is 0 Å². The van der Waals surface area contributed by atoms with Crippen molar-refractivity contribution in [1.82, 2.24) is 14.8 Å². The van der Waals surface area contributed by atoms with Crippen molar-refractivity contribution in [2.24, 2.45) is 10.9 Å². The highest BCUT2D eigenvalue weighted by molar-refractivity contribution is 6.25. The number of H-pyrrole nitrogens is 1. The third kappa shape index (κ3) is 5.97. The number of hydrogen-bond donors (Lipinski definition) is 2. The molecule has 2 aliphatic rings. The van der Waals surface area contributed by atoms with E-state index in [1.165, 1.54) is 11.0 Å². The number of aromatic nitrogens is 1. The summed E-state index contributed by atoms with van der Waals surface area (Å²) in [4.78, 5) is 26.9. The average Bonchev–Trinajstić information content (AvgIpc) is 3.32. The van der Waals surface area contributed by atoms with Gasteiger partial charge >= 0.3 is 0 Å². The molecule has 0 radical (unpaired) electrons. The summed E-state index contributed by atoms with van der Waals surface area (Å²) < 4.78 is 37.1. The van der Waals surface area contributed by atoms with Gasteiger partial charge in [0, 0.05) is 74.7 Å². The lowest BCUT2D eigenvalue weighted by molar-refractivity contribution is -0.124. The van der Waals surface area contributed by atoms with Crippen molar-refractivity contribution in [3.8, 4) is 5.75 Å². The molecular weight excluding hydrogens is 526 g/mol. The Bertz CT molecular complexity index is 1550. The molecule has 3 aromatic rings. The Labute approximate surface area is 239 Å². The Kier molecular flexibility index (Phi) is 8.12. The van der Waals surface area contributed by atoms with Crippen molar-refractivity contribution >= 4 is 34.0 Å². The third-order valence-corrected chi connectivity index (χ3v) is 7.46. The number of benzene rings is 2. The molecule has 3 heterocycles. The molecule has 216 valence electrons. The fraction of sp³-hybridized carbons (Fsp3) is 0.355. The number of aromatic amines is 1. The zero-order valence-corrected chi connectivity index (χ0v) is 24.1. The molecule has 2 aromatic carbocycles. The van der Waals surface area contributed by atoms with Gasteiger partial charge in [-0.05, 0) is 56.8 Å². The van der Waals surface area contributed by atoms with Crippen molar-refractivity contribution in [3.63, 3.8) is 0 Å². The quantitative estimate of drug-likeness (QED) is 0.442. The SMILES string of the molecule is Cc1cc2c(F)c(O/C3=C(C(=O)N(C)C)/C(Nc4ccc(N5CCN(C)CC5)c(F)c4)=N/C=C/CC3C)ccc2[nH]1. The second kappa shape index (κ2) is 11.7. The van der Waals surface area contributed by atoms with Gasteiger partial charge in [-0.25, -0.2) is 13.8 Å². The molecule has 1 aromatic heterocycles. The first-order chi connectivity index (χ1) is 19.6. The van der Waals surface area contributed by atoms with Crippen LogP contribution in [0, 0.1) is 24.5 Å². The van der Waals surface area contributed by atoms with Gasteiger partial charge in [0.05, 0.1) is 5.69 Å². The number of nitrogens with one attached hydrogen (secondary N) is 2. The van der Waals surface area contributed by atoms with Gasteiger partial charge in [-0.15, -0.1) is 0 Å². The van der Waals surface area contributed by atoms with Gasteiger partial charge in [-0.3, -0.25) is 4.79 Å². The molecule has 2 N–H and O–H groups in total. The second-order valence-electron chi connectivity index (χ2n) is 10.9. The lowest BCUT2D eigenvalue weighted by atomic mass is 9.98. The van der Waals surface area contributed by atoms with E-state index in [4.69, 9.17) is 4.74 Å². The van der Waals surface area contributed by atoms with Gasteiger partial charge in [-0.2, -0.15) is 0 Å². The number of nitrogens with zero attached hydrogens (tertiary/aromatic N) is 4. The highest BCUT2D eigenvalue weighted by Gasteiger charge is 2.30. The molecule has 1 saturated heterocycles. The van der Waals surface area contributed by atoms with E-state index in [1.807, 2.05) is 24.8 Å². The first-order valence-corrected chi connectivity index (χ1v) is 13.8. The highest BCUT2D eigenvalue weighted by atomic mass is 19.1. The van der Waals surface area contributed by atoms with E-state index in [1.54, 1.807) is 50.6 Å². The van der Waals surface area contributed by atoms with Gasteiger partial charge in [-0.1, -0.05) is 13.0 Å². The molecule has 0 bridgehead atoms. The van der Waals surface area contributed by atoms with Crippen LogP contribution in [0.2, 0.25) is 0 Å². The average molecular weight is 563 g/mol. The molecule has 10 heteroatoms. The topological polar surface area (TPSA) is 76.2 Å². The van der Waals surface area contributed by atoms with Crippen molar-refractivity contribution in [3.05, 3.63) is 77.3 Å². The number of likely N-dealkylation sites (N-methyl/N-ethyl adjacent to an activating group) is 2. The Hall–Kier alpha value is -4.18. The molecule has 5 rings (SSSR count). The molecule has 1 unspecified atom stereocenters. The summed E-state index contributed by atoms with van der Waals surface area (Å²) in [6, 6.07) is 9.93. The van der Waals surface area contributed by atoms with Crippen LogP contribution in [0.4, 0.5) is 20.2 Å². The lowest BCUT2D eigenvalue weighted by Crippen LogP contribution is -2.44. The van der Waals surface area contributed by atoms with Crippen LogP contribution in [0.5, 0.6) is 5.75 Å². The minimum Gasteiger partial charge on any atom is -0.457 e. The van der Waals surface area contributed by atoms with E-state index in [-0.39, 0.29) is 40.6 Å². The third-order valence-electron chi connectivity index (χ3n) is 7.46. The first-order valence-electron chi connectivity index (χ1n) is 13.8. The molecule has 8 nitrogen and oxygen atoms in total. The van der Waals surface area contributed by atoms with Gasteiger partial charge < -0.3 is 29.7 Å². The molecule has 1 fully saturated rings. The largest absolute Gasteiger partial charge is 0.457 e. The summed E-state index contributed by atoms with van der Waals surface area (Å²) in [7, 11) is 5.31. The minimum absolute atomic E-state index is 0.00822. The highest BCUT2D eigenvalue weighted by Crippen LogP contribution is 2.33. The molecule has 2 aliphatic heterocycles. The van der Waals surface area contributed by atoms with Crippen molar-refractivity contribution in [2.45, 2.75) is 20.3 Å². The van der Waals surface area contributed by atoms with Crippen LogP contribution >= 0.6 is 0 Å². The van der Waals surface area contributed by atoms with Crippen molar-refractivity contribution in [2.75, 3.05) is 57.5 Å². The van der Waals surface area contributed by atoms with E-state index >= 15 is 8.78 Å². The van der Waals surface area contributed by atoms with E-state index < -0.39 is 5.82 Å². The number of amidine groups is 1. The van der Waals surface area contributed by atoms with Gasteiger partial charge in [0.1, 0.15) is 23.0 Å². The summed E-state index contributed by atoms with van der Waals surface area (Å²) in [5, 5.41) is 3.55. The number of rotatable bonds is 5. The number of aliphatic imine (C=N–C) groups is 1. The summed E-state index contributed by atoms with van der Waals surface area (Å²) in [6.45, 7) is 6.97. The van der Waals surface area contributed by atoms with E-state index in [9.17, 15) is 4.79 Å². The summed E-state index contributed by atoms with van der Waals surface area (Å²) in [6.07, 6.45) is 4.00. The van der Waals surface area contributed by atoms with E-state index in [0.29, 0.717) is 28.7 Å². The molecule has 0 aliphatic carbocycles. The van der Waals surface area contributed by atoms with Gasteiger partial charge in [0.25, 0.3) is 5.91 Å². The number of anilines is 2. The van der Waals surface area contributed by atoms with Crippen LogP contribution in [0.3, 0.4) is 0 Å². The van der Waals surface area contributed by atoms with Crippen LogP contribution in [0.15, 0.2) is 65.0 Å². The number of carbonyl (C=O) groups excluding carboxylic acids is 1. The maximum Gasteiger partial charge on any atom is 0.260 e. The van der Waals surface area contributed by atoms with Crippen LogP contribution in [0.25, 0.3) is 10.9 Å². The number of ether oxygens (including phenoxy) is 1.